The van der Waals surface area contributed by atoms with Crippen LogP contribution in [0, 0.1) is 0 Å². The van der Waals surface area contributed by atoms with Crippen molar-refractivity contribution in [3.63, 3.8) is 0 Å². The quantitative estimate of drug-likeness (QED) is 0.768. The fourth-order valence-corrected chi connectivity index (χ4v) is 3.03. The average molecular weight is 228 g/mol. The molecular weight excluding hydrogens is 204 g/mol. The summed E-state index contributed by atoms with van der Waals surface area (Å²) < 4.78 is 11.1. The van der Waals surface area contributed by atoms with E-state index in [1.807, 2.05) is 0 Å². The minimum absolute atomic E-state index is 0.130. The highest BCUT2D eigenvalue weighted by Crippen LogP contribution is 2.31. The van der Waals surface area contributed by atoms with Crippen molar-refractivity contribution in [3.05, 3.63) is 0 Å². The Bertz CT molecular complexity index is 229. The molecule has 4 heteroatoms. The Morgan fingerprint density at radius 3 is 2.50 bits per heavy atom. The first-order chi connectivity index (χ1) is 7.69. The minimum Gasteiger partial charge on any atom is -0.381 e. The van der Waals surface area contributed by atoms with Gasteiger partial charge in [0.15, 0.2) is 0 Å². The summed E-state index contributed by atoms with van der Waals surface area (Å²) >= 11 is 0. The lowest BCUT2D eigenvalue weighted by Gasteiger charge is -2.47. The van der Waals surface area contributed by atoms with E-state index in [0.717, 1.165) is 45.6 Å². The first-order valence-corrected chi connectivity index (χ1v) is 6.32. The van der Waals surface area contributed by atoms with Gasteiger partial charge in [-0.1, -0.05) is 0 Å². The molecule has 2 unspecified atom stereocenters. The van der Waals surface area contributed by atoms with Gasteiger partial charge >= 0.3 is 0 Å². The van der Waals surface area contributed by atoms with Gasteiger partial charge in [-0.2, -0.15) is 0 Å². The van der Waals surface area contributed by atoms with Gasteiger partial charge in [-0.15, -0.1) is 0 Å². The maximum atomic E-state index is 6.01. The Labute approximate surface area is 98.1 Å². The fourth-order valence-electron chi connectivity index (χ4n) is 3.03. The number of likely N-dealkylation sites (N-methyl/N-ethyl adjacent to an activating group) is 1. The number of hydrogen-bond acceptors (Lipinski definition) is 4. The van der Waals surface area contributed by atoms with Crippen molar-refractivity contribution in [2.45, 2.75) is 43.9 Å². The number of ether oxygens (including phenoxy) is 2. The van der Waals surface area contributed by atoms with Crippen LogP contribution in [0.2, 0.25) is 0 Å². The van der Waals surface area contributed by atoms with Crippen molar-refractivity contribution in [2.24, 2.45) is 5.73 Å². The monoisotopic (exact) mass is 228 g/mol. The summed E-state index contributed by atoms with van der Waals surface area (Å²) in [5, 5.41) is 0. The van der Waals surface area contributed by atoms with Crippen molar-refractivity contribution >= 4 is 0 Å². The first-order valence-electron chi connectivity index (χ1n) is 6.32. The highest BCUT2D eigenvalue weighted by Gasteiger charge is 2.41. The van der Waals surface area contributed by atoms with Crippen LogP contribution in [0.1, 0.15) is 26.2 Å². The summed E-state index contributed by atoms with van der Waals surface area (Å²) in [5.74, 6) is 0. The van der Waals surface area contributed by atoms with E-state index in [4.69, 9.17) is 15.2 Å². The number of nitrogens with zero attached hydrogens (tertiary/aromatic N) is 1. The molecule has 2 saturated heterocycles. The lowest BCUT2D eigenvalue weighted by Crippen LogP contribution is -2.59. The Balaban J connectivity index is 2.07. The summed E-state index contributed by atoms with van der Waals surface area (Å²) in [6.45, 7) is 5.44. The van der Waals surface area contributed by atoms with E-state index >= 15 is 0 Å². The highest BCUT2D eigenvalue weighted by molar-refractivity contribution is 4.97. The van der Waals surface area contributed by atoms with Crippen LogP contribution in [0.25, 0.3) is 0 Å². The zero-order valence-corrected chi connectivity index (χ0v) is 10.4. The largest absolute Gasteiger partial charge is 0.381 e. The van der Waals surface area contributed by atoms with E-state index in [1.165, 1.54) is 0 Å². The predicted octanol–water partition coefficient (Wildman–Crippen LogP) is 0.603. The van der Waals surface area contributed by atoms with Gasteiger partial charge in [-0.25, -0.2) is 0 Å². The van der Waals surface area contributed by atoms with Crippen LogP contribution < -0.4 is 5.73 Å². The van der Waals surface area contributed by atoms with Crippen molar-refractivity contribution in [2.75, 3.05) is 33.4 Å². The van der Waals surface area contributed by atoms with E-state index in [2.05, 4.69) is 18.9 Å². The Hall–Kier alpha value is -0.160. The molecule has 0 radical (unpaired) electrons. The van der Waals surface area contributed by atoms with Crippen LogP contribution >= 0.6 is 0 Å². The normalized spacial score (nSPS) is 34.5. The molecule has 16 heavy (non-hydrogen) atoms. The van der Waals surface area contributed by atoms with E-state index in [9.17, 15) is 0 Å². The lowest BCUT2D eigenvalue weighted by atomic mass is 9.86. The van der Waals surface area contributed by atoms with E-state index in [0.29, 0.717) is 12.1 Å². The Morgan fingerprint density at radius 1 is 1.31 bits per heavy atom. The Morgan fingerprint density at radius 2 is 2.00 bits per heavy atom. The SMILES string of the molecule is CC1OCCC1N(C)C1(CN)CCOCC1. The number of hydrogen-bond donors (Lipinski definition) is 1. The maximum Gasteiger partial charge on any atom is 0.0703 e. The lowest BCUT2D eigenvalue weighted by molar-refractivity contribution is -0.0424. The Kier molecular flexibility index (Phi) is 3.85. The molecule has 0 aromatic carbocycles. The molecule has 2 heterocycles. The molecule has 0 spiro atoms. The third-order valence-electron chi connectivity index (χ3n) is 4.39. The summed E-state index contributed by atoms with van der Waals surface area (Å²) in [6.07, 6.45) is 3.54. The van der Waals surface area contributed by atoms with Crippen molar-refractivity contribution in [1.29, 1.82) is 0 Å². The van der Waals surface area contributed by atoms with Gasteiger partial charge in [0.25, 0.3) is 0 Å². The topological polar surface area (TPSA) is 47.7 Å². The van der Waals surface area contributed by atoms with Crippen LogP contribution in [0.3, 0.4) is 0 Å². The molecule has 2 rings (SSSR count). The molecule has 2 aliphatic heterocycles. The molecule has 2 N–H and O–H groups in total. The summed E-state index contributed by atoms with van der Waals surface area (Å²) in [6, 6.07) is 0.515. The third kappa shape index (κ3) is 2.12. The molecule has 0 aromatic rings. The van der Waals surface area contributed by atoms with Crippen LogP contribution in [0.5, 0.6) is 0 Å². The average Bonchev–Trinajstić information content (AvgIpc) is 2.75. The number of nitrogens with two attached hydrogens (primary N) is 1. The van der Waals surface area contributed by atoms with Crippen LogP contribution in [0.4, 0.5) is 0 Å². The van der Waals surface area contributed by atoms with Gasteiger partial charge in [0.2, 0.25) is 0 Å². The fraction of sp³-hybridized carbons (Fsp3) is 1.00. The zero-order valence-electron chi connectivity index (χ0n) is 10.4. The van der Waals surface area contributed by atoms with Gasteiger partial charge in [0.05, 0.1) is 6.10 Å². The second-order valence-corrected chi connectivity index (χ2v) is 5.08. The highest BCUT2D eigenvalue weighted by atomic mass is 16.5. The molecule has 0 bridgehead atoms. The van der Waals surface area contributed by atoms with Gasteiger partial charge in [-0.3, -0.25) is 4.90 Å². The summed E-state index contributed by atoms with van der Waals surface area (Å²) in [5.41, 5.74) is 6.14. The summed E-state index contributed by atoms with van der Waals surface area (Å²) in [4.78, 5) is 2.47. The predicted molar refractivity (Wildman–Crippen MR) is 63.4 cm³/mol. The van der Waals surface area contributed by atoms with Gasteiger partial charge < -0.3 is 15.2 Å². The van der Waals surface area contributed by atoms with Crippen LogP contribution in [0.15, 0.2) is 0 Å². The second kappa shape index (κ2) is 5.00. The van der Waals surface area contributed by atoms with Crippen molar-refractivity contribution in [1.82, 2.24) is 4.90 Å². The van der Waals surface area contributed by atoms with E-state index in [-0.39, 0.29) is 5.54 Å². The first kappa shape index (κ1) is 12.3. The van der Waals surface area contributed by atoms with Gasteiger partial charge in [0.1, 0.15) is 0 Å². The van der Waals surface area contributed by atoms with Gasteiger partial charge in [-0.05, 0) is 33.2 Å². The molecule has 0 amide bonds. The van der Waals surface area contributed by atoms with Gasteiger partial charge in [0, 0.05) is 37.9 Å². The van der Waals surface area contributed by atoms with Crippen LogP contribution in [-0.2, 0) is 9.47 Å². The molecule has 0 aliphatic carbocycles. The van der Waals surface area contributed by atoms with Crippen molar-refractivity contribution < 1.29 is 9.47 Å². The molecule has 2 atom stereocenters. The second-order valence-electron chi connectivity index (χ2n) is 5.08. The summed E-state index contributed by atoms with van der Waals surface area (Å²) in [7, 11) is 2.20. The minimum atomic E-state index is 0.130. The molecular formula is C12H24N2O2. The molecule has 94 valence electrons. The molecule has 4 nitrogen and oxygen atoms in total. The maximum absolute atomic E-state index is 6.01. The number of rotatable bonds is 3. The van der Waals surface area contributed by atoms with E-state index in [1.54, 1.807) is 0 Å². The molecule has 0 saturated carbocycles. The molecule has 2 aliphatic rings. The molecule has 0 aromatic heterocycles. The third-order valence-corrected chi connectivity index (χ3v) is 4.39. The zero-order chi connectivity index (χ0) is 11.6. The smallest absolute Gasteiger partial charge is 0.0703 e. The standard InChI is InChI=1S/C12H24N2O2/c1-10-11(3-6-16-10)14(2)12(9-13)4-7-15-8-5-12/h10-11H,3-9,13H2,1-2H3. The van der Waals surface area contributed by atoms with Crippen LogP contribution in [-0.4, -0.2) is 56.0 Å². The molecule has 2 fully saturated rings. The van der Waals surface area contributed by atoms with E-state index < -0.39 is 0 Å². The van der Waals surface area contributed by atoms with Crippen molar-refractivity contribution in [3.8, 4) is 0 Å².